The standard InChI is InChI=1S/C19H30N2O3S/c1-4-15-9-10-16(5-2)18(12-15)13-20-19(22)17-8-7-11-21(14-17)25(23,24)6-3/h9-10,12,17H,4-8,11,13-14H2,1-3H3,(H,20,22)/t17-/m1/s1. The summed E-state index contributed by atoms with van der Waals surface area (Å²) in [7, 11) is -3.22. The first kappa shape index (κ1) is 19.9. The lowest BCUT2D eigenvalue weighted by atomic mass is 9.97. The highest BCUT2D eigenvalue weighted by Crippen LogP contribution is 2.20. The second kappa shape index (κ2) is 8.81. The highest BCUT2D eigenvalue weighted by Gasteiger charge is 2.31. The van der Waals surface area contributed by atoms with Gasteiger partial charge in [-0.3, -0.25) is 4.79 Å². The van der Waals surface area contributed by atoms with E-state index in [0.717, 1.165) is 31.2 Å². The summed E-state index contributed by atoms with van der Waals surface area (Å²) in [4.78, 5) is 12.6. The van der Waals surface area contributed by atoms with Crippen LogP contribution in [0.15, 0.2) is 18.2 Å². The number of hydrogen-bond donors (Lipinski definition) is 1. The number of piperidine rings is 1. The molecule has 0 spiro atoms. The van der Waals surface area contributed by atoms with Crippen molar-refractivity contribution in [3.63, 3.8) is 0 Å². The second-order valence-corrected chi connectivity index (χ2v) is 8.88. The van der Waals surface area contributed by atoms with Gasteiger partial charge < -0.3 is 5.32 Å². The zero-order valence-electron chi connectivity index (χ0n) is 15.5. The van der Waals surface area contributed by atoms with Gasteiger partial charge in [-0.05, 0) is 49.3 Å². The lowest BCUT2D eigenvalue weighted by Gasteiger charge is -2.31. The van der Waals surface area contributed by atoms with Crippen LogP contribution in [0.25, 0.3) is 0 Å². The Balaban J connectivity index is 2.00. The molecule has 1 amide bonds. The summed E-state index contributed by atoms with van der Waals surface area (Å²) in [6.07, 6.45) is 3.39. The van der Waals surface area contributed by atoms with Crippen LogP contribution in [0.3, 0.4) is 0 Å². The number of aryl methyl sites for hydroxylation is 2. The van der Waals surface area contributed by atoms with Gasteiger partial charge in [0, 0.05) is 19.6 Å². The fraction of sp³-hybridized carbons (Fsp3) is 0.632. The van der Waals surface area contributed by atoms with Gasteiger partial charge in [-0.1, -0.05) is 32.0 Å². The fourth-order valence-electron chi connectivity index (χ4n) is 3.33. The van der Waals surface area contributed by atoms with Crippen LogP contribution in [-0.2, 0) is 34.2 Å². The van der Waals surface area contributed by atoms with Gasteiger partial charge in [0.15, 0.2) is 0 Å². The number of carbonyl (C=O) groups is 1. The molecule has 1 aliphatic rings. The Morgan fingerprint density at radius 2 is 1.96 bits per heavy atom. The minimum atomic E-state index is -3.22. The molecule has 25 heavy (non-hydrogen) atoms. The van der Waals surface area contributed by atoms with Gasteiger partial charge in [0.25, 0.3) is 0 Å². The summed E-state index contributed by atoms with van der Waals surface area (Å²) < 4.78 is 25.6. The number of carbonyl (C=O) groups excluding carboxylic acids is 1. The number of sulfonamides is 1. The van der Waals surface area contributed by atoms with E-state index in [0.29, 0.717) is 19.6 Å². The molecule has 140 valence electrons. The molecule has 1 aromatic rings. The SMILES string of the molecule is CCc1ccc(CC)c(CNC(=O)[C@@H]2CCCN(S(=O)(=O)CC)C2)c1. The lowest BCUT2D eigenvalue weighted by molar-refractivity contribution is -0.126. The Labute approximate surface area is 151 Å². The van der Waals surface area contributed by atoms with Crippen LogP contribution < -0.4 is 5.32 Å². The van der Waals surface area contributed by atoms with Crippen molar-refractivity contribution in [3.05, 3.63) is 34.9 Å². The van der Waals surface area contributed by atoms with Crippen molar-refractivity contribution >= 4 is 15.9 Å². The van der Waals surface area contributed by atoms with Crippen molar-refractivity contribution < 1.29 is 13.2 Å². The van der Waals surface area contributed by atoms with Gasteiger partial charge in [-0.2, -0.15) is 0 Å². The third kappa shape index (κ3) is 5.05. The molecule has 0 aromatic heterocycles. The summed E-state index contributed by atoms with van der Waals surface area (Å²) in [6.45, 7) is 7.21. The summed E-state index contributed by atoms with van der Waals surface area (Å²) in [5.41, 5.74) is 3.67. The van der Waals surface area contributed by atoms with Crippen LogP contribution in [0.1, 0.15) is 50.3 Å². The van der Waals surface area contributed by atoms with E-state index < -0.39 is 10.0 Å². The molecule has 0 bridgehead atoms. The molecular formula is C19H30N2O3S. The molecule has 0 saturated carbocycles. The first-order valence-electron chi connectivity index (χ1n) is 9.27. The van der Waals surface area contributed by atoms with Crippen LogP contribution in [0.5, 0.6) is 0 Å². The quantitative estimate of drug-likeness (QED) is 0.806. The topological polar surface area (TPSA) is 66.5 Å². The number of amides is 1. The van der Waals surface area contributed by atoms with Crippen LogP contribution in [-0.4, -0.2) is 37.5 Å². The van der Waals surface area contributed by atoms with E-state index in [-0.39, 0.29) is 17.6 Å². The molecule has 5 nitrogen and oxygen atoms in total. The Hall–Kier alpha value is -1.40. The molecule has 6 heteroatoms. The molecule has 1 N–H and O–H groups in total. The Kier molecular flexibility index (Phi) is 7.02. The molecule has 1 fully saturated rings. The van der Waals surface area contributed by atoms with Crippen molar-refractivity contribution in [2.24, 2.45) is 5.92 Å². The molecule has 1 atom stereocenters. The maximum Gasteiger partial charge on any atom is 0.224 e. The van der Waals surface area contributed by atoms with Gasteiger partial charge in [-0.15, -0.1) is 0 Å². The van der Waals surface area contributed by atoms with Crippen LogP contribution in [0.2, 0.25) is 0 Å². The average Bonchev–Trinajstić information content (AvgIpc) is 2.65. The third-order valence-electron chi connectivity index (χ3n) is 5.03. The van der Waals surface area contributed by atoms with Gasteiger partial charge in [0.1, 0.15) is 0 Å². The van der Waals surface area contributed by atoms with Crippen LogP contribution >= 0.6 is 0 Å². The number of benzene rings is 1. The monoisotopic (exact) mass is 366 g/mol. The summed E-state index contributed by atoms with van der Waals surface area (Å²) >= 11 is 0. The molecule has 2 rings (SSSR count). The molecule has 1 heterocycles. The Morgan fingerprint density at radius 1 is 1.20 bits per heavy atom. The number of hydrogen-bond acceptors (Lipinski definition) is 3. The molecular weight excluding hydrogens is 336 g/mol. The van der Waals surface area contributed by atoms with E-state index in [1.54, 1.807) is 6.92 Å². The summed E-state index contributed by atoms with van der Waals surface area (Å²) in [5.74, 6) is -0.208. The zero-order chi connectivity index (χ0) is 18.4. The second-order valence-electron chi connectivity index (χ2n) is 6.63. The van der Waals surface area contributed by atoms with Crippen molar-refractivity contribution in [1.82, 2.24) is 9.62 Å². The molecule has 0 radical (unpaired) electrons. The number of nitrogens with one attached hydrogen (secondary N) is 1. The van der Waals surface area contributed by atoms with Gasteiger partial charge in [0.05, 0.1) is 11.7 Å². The minimum absolute atomic E-state index is 0.0417. The van der Waals surface area contributed by atoms with Gasteiger partial charge in [0.2, 0.25) is 15.9 Å². The van der Waals surface area contributed by atoms with Gasteiger partial charge in [-0.25, -0.2) is 12.7 Å². The van der Waals surface area contributed by atoms with Crippen molar-refractivity contribution in [3.8, 4) is 0 Å². The Bertz CT molecular complexity index is 701. The Morgan fingerprint density at radius 3 is 2.60 bits per heavy atom. The predicted molar refractivity (Wildman–Crippen MR) is 101 cm³/mol. The number of rotatable bonds is 7. The van der Waals surface area contributed by atoms with E-state index in [9.17, 15) is 13.2 Å². The predicted octanol–water partition coefficient (Wildman–Crippen LogP) is 2.49. The molecule has 0 unspecified atom stereocenters. The van der Waals surface area contributed by atoms with Crippen LogP contribution in [0, 0.1) is 5.92 Å². The molecule has 1 aromatic carbocycles. The molecule has 1 saturated heterocycles. The van der Waals surface area contributed by atoms with E-state index >= 15 is 0 Å². The minimum Gasteiger partial charge on any atom is -0.352 e. The largest absolute Gasteiger partial charge is 0.352 e. The van der Waals surface area contributed by atoms with Crippen molar-refractivity contribution in [2.45, 2.75) is 53.0 Å². The third-order valence-corrected chi connectivity index (χ3v) is 6.87. The summed E-state index contributed by atoms with van der Waals surface area (Å²) in [5, 5.41) is 3.02. The first-order valence-corrected chi connectivity index (χ1v) is 10.9. The zero-order valence-corrected chi connectivity index (χ0v) is 16.4. The number of nitrogens with zero attached hydrogens (tertiary/aromatic N) is 1. The normalized spacial score (nSPS) is 18.9. The van der Waals surface area contributed by atoms with Crippen LogP contribution in [0.4, 0.5) is 0 Å². The van der Waals surface area contributed by atoms with E-state index in [4.69, 9.17) is 0 Å². The molecule has 1 aliphatic heterocycles. The maximum atomic E-state index is 12.6. The smallest absolute Gasteiger partial charge is 0.224 e. The molecule has 0 aliphatic carbocycles. The highest BCUT2D eigenvalue weighted by atomic mass is 32.2. The van der Waals surface area contributed by atoms with E-state index in [1.165, 1.54) is 15.4 Å². The maximum absolute atomic E-state index is 12.6. The van der Waals surface area contributed by atoms with E-state index in [1.807, 2.05) is 0 Å². The fourth-order valence-corrected chi connectivity index (χ4v) is 4.51. The first-order chi connectivity index (χ1) is 11.9. The average molecular weight is 367 g/mol. The van der Waals surface area contributed by atoms with Crippen molar-refractivity contribution in [2.75, 3.05) is 18.8 Å². The lowest BCUT2D eigenvalue weighted by Crippen LogP contribution is -2.45. The van der Waals surface area contributed by atoms with Gasteiger partial charge >= 0.3 is 0 Å². The summed E-state index contributed by atoms with van der Waals surface area (Å²) in [6, 6.07) is 6.43. The highest BCUT2D eigenvalue weighted by molar-refractivity contribution is 7.89. The van der Waals surface area contributed by atoms with E-state index in [2.05, 4.69) is 37.4 Å². The van der Waals surface area contributed by atoms with Crippen molar-refractivity contribution in [1.29, 1.82) is 0 Å².